The molecule has 5 aromatic rings. The van der Waals surface area contributed by atoms with E-state index in [0.717, 1.165) is 29.5 Å². The van der Waals surface area contributed by atoms with Crippen molar-refractivity contribution >= 4 is 56.5 Å². The molecule has 238 valence electrons. The average Bonchev–Trinajstić information content (AvgIpc) is 3.78. The van der Waals surface area contributed by atoms with Crippen LogP contribution in [0.15, 0.2) is 94.8 Å². The van der Waals surface area contributed by atoms with Crippen LogP contribution in [0.4, 0.5) is 5.13 Å². The fourth-order valence-electron chi connectivity index (χ4n) is 6.09. The maximum Gasteiger partial charge on any atom is 0.301 e. The molecule has 1 aromatic heterocycles. The van der Waals surface area contributed by atoms with E-state index in [4.69, 9.17) is 9.47 Å². The van der Waals surface area contributed by atoms with Crippen LogP contribution in [-0.4, -0.2) is 39.7 Å². The van der Waals surface area contributed by atoms with Gasteiger partial charge in [-0.3, -0.25) is 14.5 Å². The third-order valence-corrected chi connectivity index (χ3v) is 10.5. The van der Waals surface area contributed by atoms with Crippen molar-refractivity contribution in [3.8, 4) is 11.5 Å². The van der Waals surface area contributed by atoms with Gasteiger partial charge in [-0.25, -0.2) is 0 Å². The van der Waals surface area contributed by atoms with Gasteiger partial charge < -0.3 is 14.6 Å². The van der Waals surface area contributed by atoms with E-state index in [-0.39, 0.29) is 22.6 Å². The molecule has 0 spiro atoms. The number of nitrogens with zero attached hydrogens (tertiary/aromatic N) is 3. The summed E-state index contributed by atoms with van der Waals surface area (Å²) in [4.78, 5) is 29.0. The van der Waals surface area contributed by atoms with Crippen molar-refractivity contribution in [3.05, 3.63) is 113 Å². The highest BCUT2D eigenvalue weighted by Gasteiger charge is 2.48. The van der Waals surface area contributed by atoms with Crippen molar-refractivity contribution in [2.45, 2.75) is 55.3 Å². The number of aliphatic hydroxyl groups is 1. The SMILES string of the molecule is CCCCOc1cccc([C@@H]2/C(=C(\O)c3ccc4c(c3)C[C@H](C)O4)C(=O)C(=O)N2c2nnc(SCc3cccc4ccccc34)s2)c1. The Balaban J connectivity index is 1.25. The van der Waals surface area contributed by atoms with Crippen LogP contribution in [-0.2, 0) is 21.8 Å². The number of hydrogen-bond donors (Lipinski definition) is 1. The van der Waals surface area contributed by atoms with Gasteiger partial charge in [0, 0.05) is 17.7 Å². The van der Waals surface area contributed by atoms with Crippen molar-refractivity contribution in [3.63, 3.8) is 0 Å². The van der Waals surface area contributed by atoms with E-state index in [2.05, 4.69) is 41.4 Å². The predicted octanol–water partition coefficient (Wildman–Crippen LogP) is 8.11. The number of rotatable bonds is 10. The molecule has 0 saturated carbocycles. The summed E-state index contributed by atoms with van der Waals surface area (Å²) < 4.78 is 12.5. The summed E-state index contributed by atoms with van der Waals surface area (Å²) >= 11 is 2.77. The van der Waals surface area contributed by atoms with Crippen molar-refractivity contribution in [1.29, 1.82) is 0 Å². The lowest BCUT2D eigenvalue weighted by molar-refractivity contribution is -0.132. The van der Waals surface area contributed by atoms with Crippen LogP contribution < -0.4 is 14.4 Å². The Bertz CT molecular complexity index is 2020. The number of ether oxygens (including phenoxy) is 2. The second kappa shape index (κ2) is 13.2. The highest BCUT2D eigenvalue weighted by molar-refractivity contribution is 8.00. The van der Waals surface area contributed by atoms with Crippen molar-refractivity contribution in [2.75, 3.05) is 11.5 Å². The van der Waals surface area contributed by atoms with Crippen LogP contribution in [0.5, 0.6) is 11.5 Å². The molecule has 4 aromatic carbocycles. The van der Waals surface area contributed by atoms with Gasteiger partial charge in [0.1, 0.15) is 23.4 Å². The Morgan fingerprint density at radius 3 is 2.74 bits per heavy atom. The van der Waals surface area contributed by atoms with Gasteiger partial charge in [-0.05, 0) is 71.1 Å². The molecule has 1 N–H and O–H groups in total. The smallest absolute Gasteiger partial charge is 0.301 e. The fraction of sp³-hybridized carbons (Fsp3) is 0.243. The van der Waals surface area contributed by atoms with Gasteiger partial charge in [-0.2, -0.15) is 0 Å². The van der Waals surface area contributed by atoms with Crippen molar-refractivity contribution in [1.82, 2.24) is 10.2 Å². The summed E-state index contributed by atoms with van der Waals surface area (Å²) in [7, 11) is 0. The first-order valence-electron chi connectivity index (χ1n) is 15.7. The predicted molar refractivity (Wildman–Crippen MR) is 185 cm³/mol. The Hall–Kier alpha value is -4.67. The van der Waals surface area contributed by atoms with Crippen LogP contribution in [0.1, 0.15) is 55.0 Å². The standard InChI is InChI=1S/C37H33N3O5S2/c1-3-4-17-44-28-13-8-11-24(20-28)32-31(33(41)25-15-16-30-27(19-25)18-22(2)45-30)34(42)35(43)40(32)36-38-39-37(47-36)46-21-26-12-7-10-23-9-5-6-14-29(23)26/h5-16,19-20,22,32,41H,3-4,17-18,21H2,1-2H3/b33-31+/t22-,32+/m0/s1. The molecule has 2 atom stereocenters. The number of Topliss-reactive ketones (excluding diaryl/α,β-unsaturated/α-hetero) is 1. The highest BCUT2D eigenvalue weighted by Crippen LogP contribution is 2.45. The minimum atomic E-state index is -0.933. The minimum Gasteiger partial charge on any atom is -0.507 e. The summed E-state index contributed by atoms with van der Waals surface area (Å²) in [6.45, 7) is 4.62. The lowest BCUT2D eigenvalue weighted by atomic mass is 9.94. The summed E-state index contributed by atoms with van der Waals surface area (Å²) in [5.74, 6) is 0.240. The van der Waals surface area contributed by atoms with Crippen LogP contribution in [0, 0.1) is 0 Å². The molecule has 1 saturated heterocycles. The molecule has 1 fully saturated rings. The molecule has 7 rings (SSSR count). The topological polar surface area (TPSA) is 102 Å². The quantitative estimate of drug-likeness (QED) is 0.0399. The summed E-state index contributed by atoms with van der Waals surface area (Å²) in [6.07, 6.45) is 2.60. The molecule has 10 heteroatoms. The molecule has 8 nitrogen and oxygen atoms in total. The van der Waals surface area contributed by atoms with Gasteiger partial charge in [-0.1, -0.05) is 91.0 Å². The number of carbonyl (C=O) groups is 2. The number of benzene rings is 4. The van der Waals surface area contributed by atoms with Crippen LogP contribution in [0.25, 0.3) is 16.5 Å². The first-order chi connectivity index (χ1) is 22.9. The van der Waals surface area contributed by atoms with Gasteiger partial charge >= 0.3 is 5.91 Å². The van der Waals surface area contributed by atoms with E-state index in [1.165, 1.54) is 38.9 Å². The molecule has 0 aliphatic carbocycles. The largest absolute Gasteiger partial charge is 0.507 e. The molecule has 47 heavy (non-hydrogen) atoms. The van der Waals surface area contributed by atoms with Crippen LogP contribution >= 0.6 is 23.1 Å². The van der Waals surface area contributed by atoms with Gasteiger partial charge in [0.15, 0.2) is 4.34 Å². The second-order valence-electron chi connectivity index (χ2n) is 11.7. The van der Waals surface area contributed by atoms with Crippen molar-refractivity contribution < 1.29 is 24.2 Å². The first kappa shape index (κ1) is 31.0. The maximum atomic E-state index is 13.8. The van der Waals surface area contributed by atoms with Gasteiger partial charge in [-0.15, -0.1) is 10.2 Å². The van der Waals surface area contributed by atoms with Gasteiger partial charge in [0.2, 0.25) is 5.13 Å². The molecule has 2 aliphatic rings. The van der Waals surface area contributed by atoms with E-state index in [1.807, 2.05) is 55.5 Å². The number of thioether (sulfide) groups is 1. The number of fused-ring (bicyclic) bond motifs is 2. The first-order valence-corrected chi connectivity index (χ1v) is 17.5. The molecule has 0 bridgehead atoms. The average molecular weight is 664 g/mol. The number of unbranched alkanes of at least 4 members (excludes halogenated alkanes) is 1. The Labute approximate surface area is 281 Å². The number of carbonyl (C=O) groups excluding carboxylic acids is 2. The van der Waals surface area contributed by atoms with Crippen molar-refractivity contribution in [2.24, 2.45) is 0 Å². The zero-order chi connectivity index (χ0) is 32.5. The zero-order valence-electron chi connectivity index (χ0n) is 26.0. The zero-order valence-corrected chi connectivity index (χ0v) is 27.6. The summed E-state index contributed by atoms with van der Waals surface area (Å²) in [6, 6.07) is 26.2. The van der Waals surface area contributed by atoms with E-state index in [9.17, 15) is 14.7 Å². The Morgan fingerprint density at radius 1 is 1.04 bits per heavy atom. The van der Waals surface area contributed by atoms with E-state index < -0.39 is 17.7 Å². The highest BCUT2D eigenvalue weighted by atomic mass is 32.2. The number of aromatic nitrogens is 2. The number of hydrogen-bond acceptors (Lipinski definition) is 9. The molecule has 3 heterocycles. The lowest BCUT2D eigenvalue weighted by Crippen LogP contribution is -2.29. The number of ketones is 1. The lowest BCUT2D eigenvalue weighted by Gasteiger charge is -2.23. The molecule has 2 aliphatic heterocycles. The molecular weight excluding hydrogens is 631 g/mol. The van der Waals surface area contributed by atoms with Crippen LogP contribution in [0.3, 0.4) is 0 Å². The number of aliphatic hydroxyl groups excluding tert-OH is 1. The normalized spacial score (nSPS) is 18.5. The number of amides is 1. The fourth-order valence-corrected chi connectivity index (χ4v) is 7.97. The van der Waals surface area contributed by atoms with Crippen LogP contribution in [0.2, 0.25) is 0 Å². The van der Waals surface area contributed by atoms with E-state index in [1.54, 1.807) is 12.1 Å². The Kier molecular flexibility index (Phi) is 8.70. The van der Waals surface area contributed by atoms with E-state index in [0.29, 0.717) is 40.0 Å². The summed E-state index contributed by atoms with van der Waals surface area (Å²) in [5.41, 5.74) is 3.17. The number of anilines is 1. The molecule has 0 radical (unpaired) electrons. The van der Waals surface area contributed by atoms with Gasteiger partial charge in [0.05, 0.1) is 18.2 Å². The Morgan fingerprint density at radius 2 is 1.87 bits per heavy atom. The third kappa shape index (κ3) is 6.11. The maximum absolute atomic E-state index is 13.8. The molecular formula is C37H33N3O5S2. The van der Waals surface area contributed by atoms with Gasteiger partial charge in [0.25, 0.3) is 5.78 Å². The summed E-state index contributed by atoms with van der Waals surface area (Å²) in [5, 5.41) is 23.1. The minimum absolute atomic E-state index is 0.00668. The molecule has 1 amide bonds. The second-order valence-corrected chi connectivity index (χ2v) is 13.9. The monoisotopic (exact) mass is 663 g/mol. The van der Waals surface area contributed by atoms with E-state index >= 15 is 0 Å². The molecule has 0 unspecified atom stereocenters. The third-order valence-electron chi connectivity index (χ3n) is 8.39.